The lowest BCUT2D eigenvalue weighted by Crippen LogP contribution is -2.26. The number of nitrogens with one attached hydrogen (secondary N) is 1. The number of aromatic nitrogens is 1. The molecule has 1 aromatic heterocycles. The third-order valence-corrected chi connectivity index (χ3v) is 2.71. The Morgan fingerprint density at radius 1 is 1.56 bits per heavy atom. The van der Waals surface area contributed by atoms with E-state index >= 15 is 0 Å². The minimum absolute atomic E-state index is 0.379. The molecule has 3 N–H and O–H groups in total. The average Bonchev–Trinajstić information content (AvgIpc) is 2.29. The highest BCUT2D eigenvalue weighted by Crippen LogP contribution is 2.36. The van der Waals surface area contributed by atoms with Crippen molar-refractivity contribution in [1.29, 1.82) is 0 Å². The zero-order chi connectivity index (χ0) is 11.1. The van der Waals surface area contributed by atoms with E-state index in [9.17, 15) is 4.79 Å². The summed E-state index contributed by atoms with van der Waals surface area (Å²) in [7, 11) is 0. The molecular formula is C11H10N4O. The van der Waals surface area contributed by atoms with E-state index in [0.29, 0.717) is 12.0 Å². The van der Waals surface area contributed by atoms with Gasteiger partial charge in [0.1, 0.15) is 0 Å². The molecule has 1 amide bonds. The Bertz CT molecular complexity index is 533. The molecule has 0 fully saturated rings. The first-order chi connectivity index (χ1) is 7.75. The molecule has 16 heavy (non-hydrogen) atoms. The van der Waals surface area contributed by atoms with Gasteiger partial charge in [-0.1, -0.05) is 0 Å². The number of nitrogens with two attached hydrogens (primary N) is 1. The number of carbonyl (C=O) groups is 1. The van der Waals surface area contributed by atoms with E-state index in [4.69, 9.17) is 5.73 Å². The van der Waals surface area contributed by atoms with Gasteiger partial charge < -0.3 is 16.0 Å². The van der Waals surface area contributed by atoms with E-state index in [2.05, 4.69) is 10.3 Å². The monoisotopic (exact) mass is 214 g/mol. The standard InChI is InChI=1S/C11H10N4O/c12-10(16)8-5-7-1-2-13-11-9(7)15(6-8)4-3-14-11/h1-4,6H,5H2,(H2,12,16)(H,13,14). The lowest BCUT2D eigenvalue weighted by atomic mass is 10.00. The highest BCUT2D eigenvalue weighted by atomic mass is 16.1. The van der Waals surface area contributed by atoms with Crippen LogP contribution in [0.4, 0.5) is 11.5 Å². The molecule has 2 aliphatic heterocycles. The predicted molar refractivity (Wildman–Crippen MR) is 60.5 cm³/mol. The summed E-state index contributed by atoms with van der Waals surface area (Å²) >= 11 is 0. The summed E-state index contributed by atoms with van der Waals surface area (Å²) in [6.45, 7) is 0. The molecule has 5 nitrogen and oxygen atoms in total. The summed E-state index contributed by atoms with van der Waals surface area (Å²) in [6.07, 6.45) is 7.66. The number of rotatable bonds is 1. The molecule has 0 unspecified atom stereocenters. The van der Waals surface area contributed by atoms with Crippen molar-refractivity contribution in [2.24, 2.45) is 5.73 Å². The highest BCUT2D eigenvalue weighted by Gasteiger charge is 2.23. The van der Waals surface area contributed by atoms with Gasteiger partial charge in [0.05, 0.1) is 5.69 Å². The van der Waals surface area contributed by atoms with Gasteiger partial charge in [0.2, 0.25) is 5.91 Å². The first-order valence-corrected chi connectivity index (χ1v) is 4.95. The predicted octanol–water partition coefficient (Wildman–Crippen LogP) is 0.710. The number of primary amides is 1. The molecule has 3 heterocycles. The summed E-state index contributed by atoms with van der Waals surface area (Å²) < 4.78 is 0. The Labute approximate surface area is 92.3 Å². The first kappa shape index (κ1) is 8.96. The van der Waals surface area contributed by atoms with Crippen LogP contribution < -0.4 is 16.0 Å². The second-order valence-corrected chi connectivity index (χ2v) is 3.73. The van der Waals surface area contributed by atoms with Crippen molar-refractivity contribution < 1.29 is 4.79 Å². The summed E-state index contributed by atoms with van der Waals surface area (Å²) in [5, 5.41) is 3.07. The van der Waals surface area contributed by atoms with Gasteiger partial charge in [-0.15, -0.1) is 0 Å². The van der Waals surface area contributed by atoms with E-state index < -0.39 is 0 Å². The van der Waals surface area contributed by atoms with Gasteiger partial charge in [-0.2, -0.15) is 0 Å². The fourth-order valence-electron chi connectivity index (χ4n) is 1.98. The maximum absolute atomic E-state index is 11.2. The summed E-state index contributed by atoms with van der Waals surface area (Å²) in [5.74, 6) is 0.427. The van der Waals surface area contributed by atoms with E-state index in [1.54, 1.807) is 18.6 Å². The van der Waals surface area contributed by atoms with Crippen LogP contribution in [0, 0.1) is 0 Å². The first-order valence-electron chi connectivity index (χ1n) is 4.95. The average molecular weight is 214 g/mol. The summed E-state index contributed by atoms with van der Waals surface area (Å²) in [4.78, 5) is 17.3. The van der Waals surface area contributed by atoms with Crippen LogP contribution in [0.5, 0.6) is 0 Å². The van der Waals surface area contributed by atoms with Crippen molar-refractivity contribution >= 4 is 17.4 Å². The molecule has 2 aliphatic rings. The molecule has 80 valence electrons. The molecule has 0 saturated heterocycles. The van der Waals surface area contributed by atoms with Crippen LogP contribution in [0.3, 0.4) is 0 Å². The number of carbonyl (C=O) groups excluding carboxylic acids is 1. The van der Waals surface area contributed by atoms with E-state index in [1.807, 2.05) is 17.2 Å². The second kappa shape index (κ2) is 3.10. The van der Waals surface area contributed by atoms with Crippen LogP contribution in [0.1, 0.15) is 5.56 Å². The number of nitrogens with zero attached hydrogens (tertiary/aromatic N) is 2. The zero-order valence-electron chi connectivity index (χ0n) is 8.47. The van der Waals surface area contributed by atoms with E-state index in [-0.39, 0.29) is 5.91 Å². The Balaban J connectivity index is 2.16. The van der Waals surface area contributed by atoms with Crippen molar-refractivity contribution in [2.75, 3.05) is 10.2 Å². The normalized spacial score (nSPS) is 16.2. The lowest BCUT2D eigenvalue weighted by Gasteiger charge is -2.29. The molecule has 0 spiro atoms. The minimum Gasteiger partial charge on any atom is -0.366 e. The molecule has 0 aromatic carbocycles. The van der Waals surface area contributed by atoms with Crippen LogP contribution in [0.25, 0.3) is 0 Å². The molecule has 5 heteroatoms. The fraction of sp³-hybridized carbons (Fsp3) is 0.0909. The molecule has 3 rings (SSSR count). The van der Waals surface area contributed by atoms with Crippen molar-refractivity contribution in [1.82, 2.24) is 4.98 Å². The third-order valence-electron chi connectivity index (χ3n) is 2.71. The largest absolute Gasteiger partial charge is 0.366 e. The maximum Gasteiger partial charge on any atom is 0.246 e. The van der Waals surface area contributed by atoms with Crippen LogP contribution in [0.15, 0.2) is 36.4 Å². The van der Waals surface area contributed by atoms with Crippen LogP contribution in [-0.2, 0) is 11.2 Å². The van der Waals surface area contributed by atoms with Gasteiger partial charge in [-0.25, -0.2) is 4.98 Å². The third kappa shape index (κ3) is 1.18. The van der Waals surface area contributed by atoms with E-state index in [0.717, 1.165) is 17.1 Å². The topological polar surface area (TPSA) is 71.2 Å². The molecule has 0 saturated carbocycles. The van der Waals surface area contributed by atoms with Crippen molar-refractivity contribution in [3.63, 3.8) is 0 Å². The number of amides is 1. The van der Waals surface area contributed by atoms with Gasteiger partial charge in [0.25, 0.3) is 0 Å². The Morgan fingerprint density at radius 3 is 3.25 bits per heavy atom. The fourth-order valence-corrected chi connectivity index (χ4v) is 1.98. The van der Waals surface area contributed by atoms with Gasteiger partial charge in [-0.3, -0.25) is 4.79 Å². The van der Waals surface area contributed by atoms with E-state index in [1.165, 1.54) is 0 Å². The summed E-state index contributed by atoms with van der Waals surface area (Å²) in [6, 6.07) is 1.91. The SMILES string of the molecule is NC(=O)C1=CN2C=CNc3nccc(c32)C1. The number of anilines is 2. The van der Waals surface area contributed by atoms with Gasteiger partial charge >= 0.3 is 0 Å². The van der Waals surface area contributed by atoms with Gasteiger partial charge in [0.15, 0.2) is 5.82 Å². The van der Waals surface area contributed by atoms with Crippen molar-refractivity contribution in [3.05, 3.63) is 42.0 Å². The quantitative estimate of drug-likeness (QED) is 0.722. The highest BCUT2D eigenvalue weighted by molar-refractivity contribution is 5.95. The number of hydrogen-bond donors (Lipinski definition) is 2. The summed E-state index contributed by atoms with van der Waals surface area (Å²) in [5.41, 5.74) is 7.96. The Morgan fingerprint density at radius 2 is 2.44 bits per heavy atom. The molecular weight excluding hydrogens is 204 g/mol. The van der Waals surface area contributed by atoms with Crippen LogP contribution >= 0.6 is 0 Å². The molecule has 0 radical (unpaired) electrons. The second-order valence-electron chi connectivity index (χ2n) is 3.73. The van der Waals surface area contributed by atoms with Gasteiger partial charge in [0, 0.05) is 36.8 Å². The number of pyridine rings is 1. The van der Waals surface area contributed by atoms with Crippen LogP contribution in [-0.4, -0.2) is 10.9 Å². The van der Waals surface area contributed by atoms with Gasteiger partial charge in [-0.05, 0) is 11.6 Å². The Kier molecular flexibility index (Phi) is 1.73. The van der Waals surface area contributed by atoms with Crippen LogP contribution in [0.2, 0.25) is 0 Å². The number of hydrogen-bond acceptors (Lipinski definition) is 4. The molecule has 0 bridgehead atoms. The maximum atomic E-state index is 11.2. The smallest absolute Gasteiger partial charge is 0.246 e. The zero-order valence-corrected chi connectivity index (χ0v) is 8.47. The molecule has 0 atom stereocenters. The lowest BCUT2D eigenvalue weighted by molar-refractivity contribution is -0.114. The minimum atomic E-state index is -0.379. The molecule has 0 aliphatic carbocycles. The Hall–Kier alpha value is -2.30. The molecule has 1 aromatic rings. The van der Waals surface area contributed by atoms with Crippen molar-refractivity contribution in [3.8, 4) is 0 Å². The van der Waals surface area contributed by atoms with Crippen molar-refractivity contribution in [2.45, 2.75) is 6.42 Å².